The van der Waals surface area contributed by atoms with Gasteiger partial charge in [0.25, 0.3) is 0 Å². The first-order valence-electron chi connectivity index (χ1n) is 11.8. The molecule has 0 bridgehead atoms. The Kier molecular flexibility index (Phi) is 6.07. The van der Waals surface area contributed by atoms with Crippen molar-refractivity contribution in [3.63, 3.8) is 0 Å². The van der Waals surface area contributed by atoms with Crippen molar-refractivity contribution in [2.75, 3.05) is 24.5 Å². The standard InChI is InChI=1S/C27H29FN4O/c1-19-23-6-2-3-8-25(23)26(30-29-19)31-16-13-21(14-17-31)24-7-4-5-15-32(27(24)33)18-20-9-11-22(28)12-10-20/h2-6,8-12,21,24H,7,13-18H2,1H3/t24-/m0/s1. The van der Waals surface area contributed by atoms with Crippen LogP contribution in [0.2, 0.25) is 0 Å². The van der Waals surface area contributed by atoms with E-state index in [4.69, 9.17) is 0 Å². The van der Waals surface area contributed by atoms with Gasteiger partial charge in [-0.05, 0) is 49.8 Å². The average Bonchev–Trinajstić information content (AvgIpc) is 3.02. The van der Waals surface area contributed by atoms with Gasteiger partial charge in [-0.25, -0.2) is 4.39 Å². The molecule has 1 fully saturated rings. The predicted molar refractivity (Wildman–Crippen MR) is 128 cm³/mol. The van der Waals surface area contributed by atoms with Crippen LogP contribution in [-0.4, -0.2) is 40.6 Å². The SMILES string of the molecule is Cc1nnc(N2CCC([C@@H]3CC=CCN(Cc4ccc(F)cc4)C3=O)CC2)c2ccccc12. The largest absolute Gasteiger partial charge is 0.355 e. The van der Waals surface area contributed by atoms with Crippen LogP contribution in [0.5, 0.6) is 0 Å². The lowest BCUT2D eigenvalue weighted by Gasteiger charge is -2.37. The van der Waals surface area contributed by atoms with E-state index in [0.29, 0.717) is 19.0 Å². The van der Waals surface area contributed by atoms with Crippen LogP contribution in [0.3, 0.4) is 0 Å². The Hall–Kier alpha value is -3.28. The Morgan fingerprint density at radius 2 is 1.70 bits per heavy atom. The van der Waals surface area contributed by atoms with Crippen molar-refractivity contribution in [2.24, 2.45) is 11.8 Å². The molecule has 2 aromatic carbocycles. The Morgan fingerprint density at radius 1 is 0.970 bits per heavy atom. The minimum Gasteiger partial charge on any atom is -0.355 e. The molecule has 0 N–H and O–H groups in total. The van der Waals surface area contributed by atoms with Crippen molar-refractivity contribution >= 4 is 22.5 Å². The fourth-order valence-corrected chi connectivity index (χ4v) is 5.19. The monoisotopic (exact) mass is 444 g/mol. The van der Waals surface area contributed by atoms with Crippen molar-refractivity contribution in [3.8, 4) is 0 Å². The van der Waals surface area contributed by atoms with Gasteiger partial charge in [0.1, 0.15) is 5.82 Å². The first kappa shape index (κ1) is 21.6. The molecule has 3 aromatic rings. The molecule has 5 nitrogen and oxygen atoms in total. The third-order valence-electron chi connectivity index (χ3n) is 7.06. The quantitative estimate of drug-likeness (QED) is 0.537. The first-order valence-corrected chi connectivity index (χ1v) is 11.8. The number of hydrogen-bond donors (Lipinski definition) is 0. The van der Waals surface area contributed by atoms with Crippen LogP contribution in [0.4, 0.5) is 10.2 Å². The fraction of sp³-hybridized carbons (Fsp3) is 0.370. The van der Waals surface area contributed by atoms with E-state index < -0.39 is 0 Å². The molecule has 0 saturated carbocycles. The number of anilines is 1. The zero-order valence-electron chi connectivity index (χ0n) is 19.0. The zero-order valence-corrected chi connectivity index (χ0v) is 19.0. The van der Waals surface area contributed by atoms with Crippen molar-refractivity contribution in [1.29, 1.82) is 0 Å². The van der Waals surface area contributed by atoms with Crippen LogP contribution in [0.1, 0.15) is 30.5 Å². The van der Waals surface area contributed by atoms with Crippen LogP contribution in [0, 0.1) is 24.6 Å². The van der Waals surface area contributed by atoms with E-state index in [0.717, 1.165) is 60.2 Å². The number of piperidine rings is 1. The minimum atomic E-state index is -0.253. The highest BCUT2D eigenvalue weighted by Gasteiger charge is 2.34. The van der Waals surface area contributed by atoms with Gasteiger partial charge in [-0.15, -0.1) is 5.10 Å². The maximum absolute atomic E-state index is 13.5. The number of allylic oxidation sites excluding steroid dienone is 1. The lowest BCUT2D eigenvalue weighted by atomic mass is 9.81. The normalized spacial score (nSPS) is 19.8. The summed E-state index contributed by atoms with van der Waals surface area (Å²) in [5, 5.41) is 11.2. The summed E-state index contributed by atoms with van der Waals surface area (Å²) >= 11 is 0. The number of hydrogen-bond acceptors (Lipinski definition) is 4. The predicted octanol–water partition coefficient (Wildman–Crippen LogP) is 4.90. The highest BCUT2D eigenvalue weighted by atomic mass is 19.1. The van der Waals surface area contributed by atoms with Crippen LogP contribution in [-0.2, 0) is 11.3 Å². The summed E-state index contributed by atoms with van der Waals surface area (Å²) in [6.45, 7) is 4.87. The number of benzene rings is 2. The summed E-state index contributed by atoms with van der Waals surface area (Å²) in [7, 11) is 0. The molecule has 0 spiro atoms. The lowest BCUT2D eigenvalue weighted by molar-refractivity contribution is -0.137. The second kappa shape index (κ2) is 9.30. The number of nitrogens with zero attached hydrogens (tertiary/aromatic N) is 4. The number of rotatable bonds is 4. The van der Waals surface area contributed by atoms with E-state index in [2.05, 4.69) is 39.4 Å². The summed E-state index contributed by atoms with van der Waals surface area (Å²) in [5.41, 5.74) is 1.90. The van der Waals surface area contributed by atoms with E-state index >= 15 is 0 Å². The number of fused-ring (bicyclic) bond motifs is 1. The Labute approximate surface area is 193 Å². The van der Waals surface area contributed by atoms with Crippen molar-refractivity contribution in [1.82, 2.24) is 15.1 Å². The third kappa shape index (κ3) is 4.47. The van der Waals surface area contributed by atoms with E-state index in [-0.39, 0.29) is 17.6 Å². The second-order valence-electron chi connectivity index (χ2n) is 9.14. The molecule has 170 valence electrons. The molecule has 0 radical (unpaired) electrons. The van der Waals surface area contributed by atoms with Crippen LogP contribution in [0.15, 0.2) is 60.7 Å². The van der Waals surface area contributed by atoms with Crippen molar-refractivity contribution in [3.05, 3.63) is 77.8 Å². The van der Waals surface area contributed by atoms with Crippen LogP contribution < -0.4 is 4.90 Å². The van der Waals surface area contributed by atoms with E-state index in [9.17, 15) is 9.18 Å². The molecule has 1 amide bonds. The Bertz CT molecular complexity index is 1170. The molecule has 2 aliphatic heterocycles. The summed E-state index contributed by atoms with van der Waals surface area (Å²) in [4.78, 5) is 17.7. The molecule has 6 heteroatoms. The highest BCUT2D eigenvalue weighted by molar-refractivity contribution is 5.93. The third-order valence-corrected chi connectivity index (χ3v) is 7.06. The van der Waals surface area contributed by atoms with Gasteiger partial charge in [-0.3, -0.25) is 4.79 Å². The van der Waals surface area contributed by atoms with Crippen molar-refractivity contribution in [2.45, 2.75) is 32.7 Å². The summed E-state index contributed by atoms with van der Waals surface area (Å²) < 4.78 is 13.3. The fourth-order valence-electron chi connectivity index (χ4n) is 5.19. The van der Waals surface area contributed by atoms with Gasteiger partial charge < -0.3 is 9.80 Å². The molecule has 1 atom stereocenters. The van der Waals surface area contributed by atoms with Gasteiger partial charge in [-0.2, -0.15) is 5.10 Å². The number of carbonyl (C=O) groups excluding carboxylic acids is 1. The molecule has 2 aliphatic rings. The molecular formula is C27H29FN4O. The Morgan fingerprint density at radius 3 is 2.45 bits per heavy atom. The number of aryl methyl sites for hydroxylation is 1. The summed E-state index contributed by atoms with van der Waals surface area (Å²) in [6.07, 6.45) is 6.94. The first-order chi connectivity index (χ1) is 16.1. The number of aromatic nitrogens is 2. The van der Waals surface area contributed by atoms with E-state index in [1.54, 1.807) is 12.1 Å². The highest BCUT2D eigenvalue weighted by Crippen LogP contribution is 2.34. The molecule has 33 heavy (non-hydrogen) atoms. The van der Waals surface area contributed by atoms with Crippen LogP contribution >= 0.6 is 0 Å². The van der Waals surface area contributed by atoms with Crippen molar-refractivity contribution < 1.29 is 9.18 Å². The number of amides is 1. The maximum atomic E-state index is 13.5. The van der Waals surface area contributed by atoms with Gasteiger partial charge in [0.05, 0.1) is 5.69 Å². The average molecular weight is 445 g/mol. The molecule has 1 aromatic heterocycles. The molecule has 5 rings (SSSR count). The van der Waals surface area contributed by atoms with Crippen LogP contribution in [0.25, 0.3) is 10.8 Å². The molecule has 1 saturated heterocycles. The maximum Gasteiger partial charge on any atom is 0.226 e. The molecule has 3 heterocycles. The minimum absolute atomic E-state index is 0.00723. The van der Waals surface area contributed by atoms with E-state index in [1.165, 1.54) is 12.1 Å². The second-order valence-corrected chi connectivity index (χ2v) is 9.14. The van der Waals surface area contributed by atoms with Gasteiger partial charge in [0.15, 0.2) is 5.82 Å². The summed E-state index contributed by atoms with van der Waals surface area (Å²) in [6, 6.07) is 14.7. The molecule has 0 aliphatic carbocycles. The summed E-state index contributed by atoms with van der Waals surface area (Å²) in [5.74, 6) is 1.24. The number of halogens is 1. The molecule has 0 unspecified atom stereocenters. The van der Waals surface area contributed by atoms with Gasteiger partial charge >= 0.3 is 0 Å². The molecular weight excluding hydrogens is 415 g/mol. The van der Waals surface area contributed by atoms with Gasteiger partial charge in [0, 0.05) is 42.9 Å². The smallest absolute Gasteiger partial charge is 0.226 e. The zero-order chi connectivity index (χ0) is 22.8. The topological polar surface area (TPSA) is 49.3 Å². The van der Waals surface area contributed by atoms with Gasteiger partial charge in [0.2, 0.25) is 5.91 Å². The van der Waals surface area contributed by atoms with E-state index in [1.807, 2.05) is 24.0 Å². The van der Waals surface area contributed by atoms with Gasteiger partial charge in [-0.1, -0.05) is 48.6 Å². The Balaban J connectivity index is 1.28. The number of carbonyl (C=O) groups is 1. The lowest BCUT2D eigenvalue weighted by Crippen LogP contribution is -2.42.